The monoisotopic (exact) mass is 397 g/mol. The zero-order valence-corrected chi connectivity index (χ0v) is 16.8. The van der Waals surface area contributed by atoms with Crippen molar-refractivity contribution < 1.29 is 14.3 Å². The number of hydrogen-bond donors (Lipinski definition) is 2. The normalized spacial score (nSPS) is 21.9. The van der Waals surface area contributed by atoms with Crippen molar-refractivity contribution in [1.29, 1.82) is 0 Å². The molecule has 0 radical (unpaired) electrons. The second kappa shape index (κ2) is 8.67. The number of carbonyl (C=O) groups excluding carboxylic acids is 1. The molecule has 0 aliphatic carbocycles. The minimum absolute atomic E-state index is 0.000357. The van der Waals surface area contributed by atoms with Crippen molar-refractivity contribution in [2.75, 3.05) is 45.3 Å². The van der Waals surface area contributed by atoms with Gasteiger partial charge in [-0.2, -0.15) is 0 Å². The fraction of sp³-hybridized carbons (Fsp3) is 0.429. The van der Waals surface area contributed by atoms with Crippen LogP contribution in [0, 0.1) is 0 Å². The Balaban J connectivity index is 1.36. The number of pyridine rings is 1. The third-order valence-electron chi connectivity index (χ3n) is 5.58. The fourth-order valence-electron chi connectivity index (χ4n) is 3.95. The van der Waals surface area contributed by atoms with E-state index in [4.69, 9.17) is 9.47 Å². The van der Waals surface area contributed by atoms with E-state index >= 15 is 0 Å². The van der Waals surface area contributed by atoms with Crippen molar-refractivity contribution in [2.24, 2.45) is 0 Å². The van der Waals surface area contributed by atoms with Crippen LogP contribution >= 0.6 is 0 Å². The number of nitrogens with zero attached hydrogens (tertiary/aromatic N) is 3. The molecule has 8 nitrogen and oxygen atoms in total. The number of hydrazine groups is 1. The number of ether oxygens (including phenoxy) is 2. The summed E-state index contributed by atoms with van der Waals surface area (Å²) in [6, 6.07) is 11.4. The highest BCUT2D eigenvalue weighted by Crippen LogP contribution is 2.33. The summed E-state index contributed by atoms with van der Waals surface area (Å²) >= 11 is 0. The number of anilines is 1. The Morgan fingerprint density at radius 2 is 1.90 bits per heavy atom. The number of hydrogen-bond acceptors (Lipinski definition) is 7. The molecule has 2 N–H and O–H groups in total. The minimum atomic E-state index is -0.256. The lowest BCUT2D eigenvalue weighted by molar-refractivity contribution is -0.133. The van der Waals surface area contributed by atoms with Crippen LogP contribution < -0.4 is 25.2 Å². The molecule has 1 aromatic heterocycles. The third kappa shape index (κ3) is 4.13. The summed E-state index contributed by atoms with van der Waals surface area (Å²) in [6.07, 6.45) is 2.47. The highest BCUT2D eigenvalue weighted by atomic mass is 16.5. The predicted octanol–water partition coefficient (Wildman–Crippen LogP) is 1.36. The first-order valence-electron chi connectivity index (χ1n) is 9.87. The maximum atomic E-state index is 13.0. The topological polar surface area (TPSA) is 79.0 Å². The van der Waals surface area contributed by atoms with E-state index in [1.165, 1.54) is 0 Å². The van der Waals surface area contributed by atoms with Gasteiger partial charge in [0.15, 0.2) is 0 Å². The van der Waals surface area contributed by atoms with E-state index in [0.717, 1.165) is 36.0 Å². The van der Waals surface area contributed by atoms with Crippen molar-refractivity contribution in [3.05, 3.63) is 48.2 Å². The van der Waals surface area contributed by atoms with Crippen LogP contribution in [0.4, 0.5) is 5.82 Å². The van der Waals surface area contributed by atoms with Crippen LogP contribution in [-0.4, -0.2) is 62.2 Å². The van der Waals surface area contributed by atoms with Crippen LogP contribution in [0.15, 0.2) is 42.6 Å². The largest absolute Gasteiger partial charge is 0.497 e. The zero-order valence-electron chi connectivity index (χ0n) is 16.8. The highest BCUT2D eigenvalue weighted by Gasteiger charge is 2.35. The first kappa shape index (κ1) is 19.5. The van der Waals surface area contributed by atoms with E-state index in [2.05, 4.69) is 20.7 Å². The highest BCUT2D eigenvalue weighted by molar-refractivity contribution is 5.82. The molecule has 2 aliphatic rings. The van der Waals surface area contributed by atoms with Gasteiger partial charge < -0.3 is 19.3 Å². The van der Waals surface area contributed by atoms with Gasteiger partial charge >= 0.3 is 0 Å². The molecule has 2 unspecified atom stereocenters. The maximum absolute atomic E-state index is 13.0. The number of amides is 1. The SMILES string of the molecule is COc1ccc(C2CC(C(=O)N3CCN(c4ccccn4)CC3)NN2)c(OC)c1. The van der Waals surface area contributed by atoms with Crippen LogP contribution in [0.1, 0.15) is 18.0 Å². The number of benzene rings is 1. The van der Waals surface area contributed by atoms with Crippen molar-refractivity contribution in [3.8, 4) is 11.5 Å². The first-order chi connectivity index (χ1) is 14.2. The van der Waals surface area contributed by atoms with Crippen LogP contribution in [0.25, 0.3) is 0 Å². The molecule has 0 saturated carbocycles. The lowest BCUT2D eigenvalue weighted by Crippen LogP contribution is -2.53. The Morgan fingerprint density at radius 3 is 2.59 bits per heavy atom. The minimum Gasteiger partial charge on any atom is -0.497 e. The lowest BCUT2D eigenvalue weighted by Gasteiger charge is -2.36. The summed E-state index contributed by atoms with van der Waals surface area (Å²) in [5, 5.41) is 0. The second-order valence-corrected chi connectivity index (χ2v) is 7.24. The number of carbonyl (C=O) groups is 1. The van der Waals surface area contributed by atoms with Gasteiger partial charge in [-0.1, -0.05) is 12.1 Å². The van der Waals surface area contributed by atoms with E-state index in [9.17, 15) is 4.79 Å². The molecular formula is C21H27N5O3. The van der Waals surface area contributed by atoms with Crippen molar-refractivity contribution >= 4 is 11.7 Å². The number of nitrogens with one attached hydrogen (secondary N) is 2. The number of rotatable bonds is 5. The van der Waals surface area contributed by atoms with Crippen molar-refractivity contribution in [1.82, 2.24) is 20.7 Å². The first-order valence-corrected chi connectivity index (χ1v) is 9.87. The van der Waals surface area contributed by atoms with E-state index in [0.29, 0.717) is 19.5 Å². The van der Waals surface area contributed by atoms with Crippen molar-refractivity contribution in [2.45, 2.75) is 18.5 Å². The predicted molar refractivity (Wildman–Crippen MR) is 110 cm³/mol. The summed E-state index contributed by atoms with van der Waals surface area (Å²) in [6.45, 7) is 2.98. The summed E-state index contributed by atoms with van der Waals surface area (Å²) in [5.74, 6) is 2.59. The number of piperazine rings is 1. The number of methoxy groups -OCH3 is 2. The van der Waals surface area contributed by atoms with Crippen LogP contribution in [0.3, 0.4) is 0 Å². The molecule has 1 aromatic carbocycles. The molecule has 154 valence electrons. The average molecular weight is 397 g/mol. The lowest BCUT2D eigenvalue weighted by atomic mass is 10.00. The summed E-state index contributed by atoms with van der Waals surface area (Å²) in [7, 11) is 3.27. The van der Waals surface area contributed by atoms with Gasteiger partial charge in [0.1, 0.15) is 23.4 Å². The molecule has 2 aromatic rings. The smallest absolute Gasteiger partial charge is 0.241 e. The standard InChI is InChI=1S/C21H27N5O3/c1-28-15-6-7-16(19(13-15)29-2)17-14-18(24-23-17)21(27)26-11-9-25(10-12-26)20-5-3-4-8-22-20/h3-8,13,17-18,23-24H,9-12,14H2,1-2H3. The second-order valence-electron chi connectivity index (χ2n) is 7.24. The van der Waals surface area contributed by atoms with Gasteiger partial charge in [-0.25, -0.2) is 15.8 Å². The molecule has 2 saturated heterocycles. The Bertz CT molecular complexity index is 839. The van der Waals surface area contributed by atoms with E-state index in [1.54, 1.807) is 20.4 Å². The molecule has 8 heteroatoms. The van der Waals surface area contributed by atoms with Gasteiger partial charge in [-0.05, 0) is 24.6 Å². The van der Waals surface area contributed by atoms with Gasteiger partial charge in [0, 0.05) is 44.0 Å². The van der Waals surface area contributed by atoms with Gasteiger partial charge in [0.25, 0.3) is 0 Å². The van der Waals surface area contributed by atoms with Gasteiger partial charge in [-0.3, -0.25) is 4.79 Å². The zero-order chi connectivity index (χ0) is 20.2. The van der Waals surface area contributed by atoms with Crippen LogP contribution in [0.2, 0.25) is 0 Å². The van der Waals surface area contributed by atoms with Crippen LogP contribution in [-0.2, 0) is 4.79 Å². The Morgan fingerprint density at radius 1 is 1.07 bits per heavy atom. The fourth-order valence-corrected chi connectivity index (χ4v) is 3.95. The summed E-state index contributed by atoms with van der Waals surface area (Å²) in [4.78, 5) is 21.6. The summed E-state index contributed by atoms with van der Waals surface area (Å²) < 4.78 is 10.8. The summed E-state index contributed by atoms with van der Waals surface area (Å²) in [5.41, 5.74) is 7.43. The molecule has 0 bridgehead atoms. The molecule has 3 heterocycles. The van der Waals surface area contributed by atoms with E-state index in [1.807, 2.05) is 41.3 Å². The van der Waals surface area contributed by atoms with E-state index in [-0.39, 0.29) is 18.0 Å². The van der Waals surface area contributed by atoms with Gasteiger partial charge in [0.05, 0.1) is 20.3 Å². The molecule has 2 atom stereocenters. The van der Waals surface area contributed by atoms with Crippen LogP contribution in [0.5, 0.6) is 11.5 Å². The molecular weight excluding hydrogens is 370 g/mol. The quantitative estimate of drug-likeness (QED) is 0.789. The third-order valence-corrected chi connectivity index (χ3v) is 5.58. The maximum Gasteiger partial charge on any atom is 0.241 e. The number of aromatic nitrogens is 1. The average Bonchev–Trinajstić information content (AvgIpc) is 3.29. The van der Waals surface area contributed by atoms with Gasteiger partial charge in [0.2, 0.25) is 5.91 Å². The molecule has 1 amide bonds. The van der Waals surface area contributed by atoms with Crippen molar-refractivity contribution in [3.63, 3.8) is 0 Å². The molecule has 0 spiro atoms. The molecule has 29 heavy (non-hydrogen) atoms. The molecule has 4 rings (SSSR count). The van der Waals surface area contributed by atoms with Gasteiger partial charge in [-0.15, -0.1) is 0 Å². The Labute approximate surface area is 170 Å². The molecule has 2 aliphatic heterocycles. The Kier molecular flexibility index (Phi) is 5.82. The van der Waals surface area contributed by atoms with E-state index < -0.39 is 0 Å². The molecule has 2 fully saturated rings. The Hall–Kier alpha value is -2.84.